The molecule has 5 heteroatoms. The number of hydrogen-bond donors (Lipinski definition) is 1. The van der Waals surface area contributed by atoms with Gasteiger partial charge >= 0.3 is 5.97 Å². The minimum Gasteiger partial charge on any atom is -0.460 e. The maximum absolute atomic E-state index is 11.4. The van der Waals surface area contributed by atoms with Crippen LogP contribution in [-0.2, 0) is 11.3 Å². The average Bonchev–Trinajstić information content (AvgIpc) is 2.65. The molecule has 1 heterocycles. The molecule has 0 saturated carbocycles. The van der Waals surface area contributed by atoms with Gasteiger partial charge in [-0.3, -0.25) is 4.90 Å². The Morgan fingerprint density at radius 3 is 2.88 bits per heavy atom. The number of aliphatic hydroxyl groups is 1. The molecule has 1 rings (SSSR count). The Bertz CT molecular complexity index is 359. The van der Waals surface area contributed by atoms with Gasteiger partial charge in [0.1, 0.15) is 5.76 Å². The third kappa shape index (κ3) is 4.58. The van der Waals surface area contributed by atoms with E-state index in [0.717, 1.165) is 0 Å². The molecule has 1 aromatic rings. The van der Waals surface area contributed by atoms with Gasteiger partial charge in [-0.15, -0.1) is 0 Å². The minimum absolute atomic E-state index is 0.215. The first-order chi connectivity index (χ1) is 8.02. The summed E-state index contributed by atoms with van der Waals surface area (Å²) >= 11 is 0. The summed E-state index contributed by atoms with van der Waals surface area (Å²) in [6.07, 6.45) is -0.389. The summed E-state index contributed by atoms with van der Waals surface area (Å²) in [6, 6.07) is 3.34. The Hall–Kier alpha value is -1.33. The van der Waals surface area contributed by atoms with Crippen molar-refractivity contribution >= 4 is 5.97 Å². The first kappa shape index (κ1) is 13.7. The number of nitrogens with zero attached hydrogens (tertiary/aromatic N) is 1. The summed E-state index contributed by atoms with van der Waals surface area (Å²) in [6.45, 7) is 4.90. The quantitative estimate of drug-likeness (QED) is 0.760. The lowest BCUT2D eigenvalue weighted by molar-refractivity contribution is 0.0485. The largest absolute Gasteiger partial charge is 0.460 e. The van der Waals surface area contributed by atoms with Gasteiger partial charge < -0.3 is 14.3 Å². The van der Waals surface area contributed by atoms with Crippen molar-refractivity contribution in [3.63, 3.8) is 0 Å². The minimum atomic E-state index is -0.447. The fourth-order valence-corrected chi connectivity index (χ4v) is 1.56. The summed E-state index contributed by atoms with van der Waals surface area (Å²) in [7, 11) is 1.87. The van der Waals surface area contributed by atoms with Crippen molar-refractivity contribution in [3.05, 3.63) is 23.7 Å². The van der Waals surface area contributed by atoms with Crippen molar-refractivity contribution in [1.82, 2.24) is 4.90 Å². The molecule has 1 unspecified atom stereocenters. The highest BCUT2D eigenvalue weighted by molar-refractivity contribution is 5.86. The van der Waals surface area contributed by atoms with Gasteiger partial charge in [-0.1, -0.05) is 0 Å². The van der Waals surface area contributed by atoms with E-state index >= 15 is 0 Å². The molecule has 1 atom stereocenters. The van der Waals surface area contributed by atoms with Crippen LogP contribution in [-0.4, -0.2) is 42.3 Å². The first-order valence-corrected chi connectivity index (χ1v) is 5.65. The van der Waals surface area contributed by atoms with Crippen molar-refractivity contribution in [2.24, 2.45) is 0 Å². The van der Waals surface area contributed by atoms with Gasteiger partial charge in [-0.2, -0.15) is 0 Å². The maximum Gasteiger partial charge on any atom is 0.374 e. The molecule has 0 aliphatic heterocycles. The van der Waals surface area contributed by atoms with Crippen LogP contribution in [0.25, 0.3) is 0 Å². The van der Waals surface area contributed by atoms with Gasteiger partial charge in [-0.25, -0.2) is 4.79 Å². The number of carbonyl (C=O) groups is 1. The SMILES string of the molecule is CCOC(=O)c1ccc(CN(C)CC(C)O)o1. The van der Waals surface area contributed by atoms with E-state index < -0.39 is 5.97 Å². The van der Waals surface area contributed by atoms with Crippen LogP contribution in [0, 0.1) is 0 Å². The molecule has 1 N–H and O–H groups in total. The highest BCUT2D eigenvalue weighted by atomic mass is 16.5. The first-order valence-electron chi connectivity index (χ1n) is 5.65. The summed E-state index contributed by atoms with van der Waals surface area (Å²) in [5.41, 5.74) is 0. The zero-order valence-electron chi connectivity index (χ0n) is 10.5. The summed E-state index contributed by atoms with van der Waals surface area (Å²) < 4.78 is 10.2. The fraction of sp³-hybridized carbons (Fsp3) is 0.583. The van der Waals surface area contributed by atoms with Gasteiger partial charge in [0.2, 0.25) is 5.76 Å². The van der Waals surface area contributed by atoms with Crippen molar-refractivity contribution in [3.8, 4) is 0 Å². The molecule has 0 spiro atoms. The van der Waals surface area contributed by atoms with Crippen LogP contribution in [0.4, 0.5) is 0 Å². The number of carbonyl (C=O) groups excluding carboxylic acids is 1. The van der Waals surface area contributed by atoms with Crippen molar-refractivity contribution in [1.29, 1.82) is 0 Å². The zero-order chi connectivity index (χ0) is 12.8. The van der Waals surface area contributed by atoms with Crippen LogP contribution in [0.5, 0.6) is 0 Å². The van der Waals surface area contributed by atoms with Gasteiger partial charge in [-0.05, 0) is 33.0 Å². The van der Waals surface area contributed by atoms with Crippen molar-refractivity contribution in [2.45, 2.75) is 26.5 Å². The second-order valence-electron chi connectivity index (χ2n) is 4.03. The van der Waals surface area contributed by atoms with Crippen LogP contribution in [0.2, 0.25) is 0 Å². The molecule has 0 fully saturated rings. The second-order valence-corrected chi connectivity index (χ2v) is 4.03. The monoisotopic (exact) mass is 241 g/mol. The van der Waals surface area contributed by atoms with E-state index in [9.17, 15) is 9.90 Å². The van der Waals surface area contributed by atoms with Gasteiger partial charge in [0.15, 0.2) is 0 Å². The molecule has 5 nitrogen and oxygen atoms in total. The van der Waals surface area contributed by atoms with E-state index in [4.69, 9.17) is 9.15 Å². The molecule has 0 aromatic carbocycles. The number of ether oxygens (including phenoxy) is 1. The fourth-order valence-electron chi connectivity index (χ4n) is 1.56. The molecule has 0 saturated heterocycles. The van der Waals surface area contributed by atoms with Gasteiger partial charge in [0.05, 0.1) is 19.3 Å². The number of furan rings is 1. The van der Waals surface area contributed by atoms with Gasteiger partial charge in [0.25, 0.3) is 0 Å². The number of hydrogen-bond acceptors (Lipinski definition) is 5. The summed E-state index contributed by atoms with van der Waals surface area (Å²) in [5.74, 6) is 0.445. The molecular weight excluding hydrogens is 222 g/mol. The number of rotatable bonds is 6. The average molecular weight is 241 g/mol. The normalized spacial score (nSPS) is 12.8. The van der Waals surface area contributed by atoms with E-state index in [1.165, 1.54) is 0 Å². The van der Waals surface area contributed by atoms with E-state index in [2.05, 4.69) is 0 Å². The van der Waals surface area contributed by atoms with E-state index in [0.29, 0.717) is 25.5 Å². The molecule has 0 amide bonds. The second kappa shape index (κ2) is 6.42. The molecule has 96 valence electrons. The highest BCUT2D eigenvalue weighted by Gasteiger charge is 2.13. The Labute approximate surface area is 101 Å². The Morgan fingerprint density at radius 1 is 1.59 bits per heavy atom. The van der Waals surface area contributed by atoms with Crippen molar-refractivity contribution in [2.75, 3.05) is 20.2 Å². The number of aliphatic hydroxyl groups excluding tert-OH is 1. The number of esters is 1. The standard InChI is InChI=1S/C12H19NO4/c1-4-16-12(15)11-6-5-10(17-11)8-13(3)7-9(2)14/h5-6,9,14H,4,7-8H2,1-3H3. The lowest BCUT2D eigenvalue weighted by Gasteiger charge is -2.16. The van der Waals surface area contributed by atoms with E-state index in [1.54, 1.807) is 26.0 Å². The Morgan fingerprint density at radius 2 is 2.29 bits per heavy atom. The smallest absolute Gasteiger partial charge is 0.374 e. The lowest BCUT2D eigenvalue weighted by atomic mass is 10.3. The van der Waals surface area contributed by atoms with Crippen LogP contribution in [0.3, 0.4) is 0 Å². The van der Waals surface area contributed by atoms with E-state index in [-0.39, 0.29) is 11.9 Å². The van der Waals surface area contributed by atoms with Crippen LogP contribution >= 0.6 is 0 Å². The molecular formula is C12H19NO4. The Balaban J connectivity index is 2.53. The summed E-state index contributed by atoms with van der Waals surface area (Å²) in [5, 5.41) is 9.22. The molecule has 0 bridgehead atoms. The predicted molar refractivity (Wildman–Crippen MR) is 62.7 cm³/mol. The lowest BCUT2D eigenvalue weighted by Crippen LogP contribution is -2.26. The molecule has 0 aliphatic carbocycles. The highest BCUT2D eigenvalue weighted by Crippen LogP contribution is 2.11. The van der Waals surface area contributed by atoms with Crippen LogP contribution in [0.15, 0.2) is 16.5 Å². The number of likely N-dealkylation sites (N-methyl/N-ethyl adjacent to an activating group) is 1. The van der Waals surface area contributed by atoms with Crippen LogP contribution in [0.1, 0.15) is 30.2 Å². The maximum atomic E-state index is 11.4. The van der Waals surface area contributed by atoms with E-state index in [1.807, 2.05) is 11.9 Å². The summed E-state index contributed by atoms with van der Waals surface area (Å²) in [4.78, 5) is 13.3. The third-order valence-corrected chi connectivity index (χ3v) is 2.14. The Kier molecular flexibility index (Phi) is 5.18. The molecule has 17 heavy (non-hydrogen) atoms. The molecule has 0 radical (unpaired) electrons. The van der Waals surface area contributed by atoms with Crippen LogP contribution < -0.4 is 0 Å². The topological polar surface area (TPSA) is 62.9 Å². The van der Waals surface area contributed by atoms with Crippen molar-refractivity contribution < 1.29 is 19.1 Å². The third-order valence-electron chi connectivity index (χ3n) is 2.14. The zero-order valence-corrected chi connectivity index (χ0v) is 10.5. The molecule has 1 aromatic heterocycles. The van der Waals surface area contributed by atoms with Gasteiger partial charge in [0, 0.05) is 6.54 Å². The predicted octanol–water partition coefficient (Wildman–Crippen LogP) is 1.27. The molecule has 0 aliphatic rings.